The third-order valence-corrected chi connectivity index (χ3v) is 6.95. The molecule has 2 bridgehead atoms. The fourth-order valence-electron chi connectivity index (χ4n) is 5.09. The Morgan fingerprint density at radius 2 is 1.91 bits per heavy atom. The molecule has 1 aliphatic carbocycles. The summed E-state index contributed by atoms with van der Waals surface area (Å²) >= 11 is 12.2. The molecule has 32 heavy (non-hydrogen) atoms. The van der Waals surface area contributed by atoms with E-state index in [4.69, 9.17) is 38.0 Å². The molecule has 5 rings (SSSR count). The van der Waals surface area contributed by atoms with Gasteiger partial charge in [-0.1, -0.05) is 36.2 Å². The Balaban J connectivity index is 1.31. The van der Waals surface area contributed by atoms with E-state index in [-0.39, 0.29) is 0 Å². The van der Waals surface area contributed by atoms with E-state index in [1.807, 2.05) is 28.9 Å². The number of halogens is 2. The quantitative estimate of drug-likeness (QED) is 0.435. The molecule has 3 heterocycles. The molecule has 2 aliphatic rings. The number of piperidine rings is 1. The summed E-state index contributed by atoms with van der Waals surface area (Å²) in [6.07, 6.45) is 5.83. The van der Waals surface area contributed by atoms with Crippen molar-refractivity contribution in [2.24, 2.45) is 17.8 Å². The first-order valence-corrected chi connectivity index (χ1v) is 11.9. The van der Waals surface area contributed by atoms with Crippen LogP contribution in [0.1, 0.15) is 32.0 Å². The van der Waals surface area contributed by atoms with Crippen LogP contribution in [0.5, 0.6) is 11.8 Å². The second-order valence-electron chi connectivity index (χ2n) is 8.66. The van der Waals surface area contributed by atoms with Crippen LogP contribution < -0.4 is 9.64 Å². The van der Waals surface area contributed by atoms with Gasteiger partial charge in [0.05, 0.1) is 0 Å². The molecular formula is C23H26Cl2N6O. The van der Waals surface area contributed by atoms with Crippen molar-refractivity contribution in [1.29, 1.82) is 0 Å². The van der Waals surface area contributed by atoms with Gasteiger partial charge in [0.15, 0.2) is 5.82 Å². The Labute approximate surface area is 197 Å². The highest BCUT2D eigenvalue weighted by molar-refractivity contribution is 6.30. The molecule has 1 aromatic carbocycles. The summed E-state index contributed by atoms with van der Waals surface area (Å²) in [5.41, 5.74) is 0. The average Bonchev–Trinajstić information content (AvgIpc) is 3.23. The fourth-order valence-corrected chi connectivity index (χ4v) is 5.41. The normalized spacial score (nSPS) is 22.3. The van der Waals surface area contributed by atoms with Gasteiger partial charge in [-0.05, 0) is 55.2 Å². The summed E-state index contributed by atoms with van der Waals surface area (Å²) in [6.45, 7) is 4.86. The maximum atomic E-state index is 6.11. The Hall–Kier alpha value is -2.38. The summed E-state index contributed by atoms with van der Waals surface area (Å²) in [4.78, 5) is 15.6. The van der Waals surface area contributed by atoms with E-state index in [0.717, 1.165) is 44.1 Å². The largest absolute Gasteiger partial charge is 0.424 e. The van der Waals surface area contributed by atoms with Crippen LogP contribution in [0.15, 0.2) is 36.7 Å². The molecule has 2 aromatic heterocycles. The van der Waals surface area contributed by atoms with Crippen molar-refractivity contribution in [1.82, 2.24) is 24.7 Å². The number of aromatic nitrogens is 5. The summed E-state index contributed by atoms with van der Waals surface area (Å²) < 4.78 is 7.91. The molecule has 1 aliphatic heterocycles. The number of ether oxygens (including phenoxy) is 1. The smallest absolute Gasteiger partial charge is 0.320 e. The molecule has 2 atom stereocenters. The lowest BCUT2D eigenvalue weighted by atomic mass is 9.82. The van der Waals surface area contributed by atoms with Crippen molar-refractivity contribution in [3.8, 4) is 11.8 Å². The Kier molecular flexibility index (Phi) is 6.20. The summed E-state index contributed by atoms with van der Waals surface area (Å²) in [5, 5.41) is 5.92. The number of hydrogen-bond acceptors (Lipinski definition) is 6. The lowest BCUT2D eigenvalue weighted by Crippen LogP contribution is -2.43. The van der Waals surface area contributed by atoms with Gasteiger partial charge in [0.25, 0.3) is 0 Å². The zero-order valence-electron chi connectivity index (χ0n) is 18.0. The minimum absolute atomic E-state index is 0.488. The average molecular weight is 473 g/mol. The molecular weight excluding hydrogens is 447 g/mol. The van der Waals surface area contributed by atoms with E-state index in [9.17, 15) is 0 Å². The molecule has 2 fully saturated rings. The molecule has 3 aromatic rings. The number of anilines is 1. The van der Waals surface area contributed by atoms with Crippen molar-refractivity contribution < 1.29 is 4.74 Å². The van der Waals surface area contributed by atoms with E-state index >= 15 is 0 Å². The van der Waals surface area contributed by atoms with Crippen molar-refractivity contribution in [3.05, 3.63) is 52.7 Å². The molecule has 168 valence electrons. The van der Waals surface area contributed by atoms with Crippen LogP contribution >= 0.6 is 23.2 Å². The Bertz CT molecular complexity index is 1080. The molecule has 0 spiro atoms. The molecule has 1 saturated carbocycles. The number of hydrogen-bond donors (Lipinski definition) is 0. The first-order valence-electron chi connectivity index (χ1n) is 11.2. The first kappa shape index (κ1) is 21.5. The van der Waals surface area contributed by atoms with Crippen LogP contribution in [0.2, 0.25) is 10.2 Å². The van der Waals surface area contributed by atoms with Gasteiger partial charge in [-0.15, -0.1) is 0 Å². The van der Waals surface area contributed by atoms with E-state index in [2.05, 4.69) is 21.8 Å². The number of nitrogens with zero attached hydrogens (tertiary/aromatic N) is 6. The highest BCUT2D eigenvalue weighted by atomic mass is 35.5. The highest BCUT2D eigenvalue weighted by Crippen LogP contribution is 2.44. The second kappa shape index (κ2) is 9.24. The molecule has 7 nitrogen and oxygen atoms in total. The van der Waals surface area contributed by atoms with Crippen molar-refractivity contribution in [2.75, 3.05) is 18.0 Å². The van der Waals surface area contributed by atoms with Gasteiger partial charge in [0, 0.05) is 37.1 Å². The molecule has 0 N–H and O–H groups in total. The molecule has 9 heteroatoms. The monoisotopic (exact) mass is 472 g/mol. The second-order valence-corrected chi connectivity index (χ2v) is 9.49. The zero-order valence-corrected chi connectivity index (χ0v) is 19.5. The van der Waals surface area contributed by atoms with Crippen molar-refractivity contribution in [3.63, 3.8) is 0 Å². The number of rotatable bonds is 7. The molecule has 0 amide bonds. The third kappa shape index (κ3) is 4.55. The molecule has 0 radical (unpaired) electrons. The first-order chi connectivity index (χ1) is 15.6. The van der Waals surface area contributed by atoms with Crippen molar-refractivity contribution >= 4 is 29.0 Å². The van der Waals surface area contributed by atoms with Gasteiger partial charge in [-0.25, -0.2) is 14.6 Å². The van der Waals surface area contributed by atoms with Gasteiger partial charge in [-0.2, -0.15) is 10.1 Å². The van der Waals surface area contributed by atoms with Crippen LogP contribution in [0.3, 0.4) is 0 Å². The van der Waals surface area contributed by atoms with Crippen LogP contribution in [0.25, 0.3) is 0 Å². The van der Waals surface area contributed by atoms with Crippen LogP contribution in [0.4, 0.5) is 5.82 Å². The lowest BCUT2D eigenvalue weighted by molar-refractivity contribution is 0.264. The summed E-state index contributed by atoms with van der Waals surface area (Å²) in [7, 11) is 0. The highest BCUT2D eigenvalue weighted by Gasteiger charge is 2.42. The van der Waals surface area contributed by atoms with Gasteiger partial charge in [-0.3, -0.25) is 0 Å². The van der Waals surface area contributed by atoms with Gasteiger partial charge in [0.1, 0.15) is 23.0 Å². The van der Waals surface area contributed by atoms with Crippen molar-refractivity contribution in [2.45, 2.75) is 39.2 Å². The van der Waals surface area contributed by atoms with E-state index in [0.29, 0.717) is 39.7 Å². The maximum absolute atomic E-state index is 6.11. The predicted molar refractivity (Wildman–Crippen MR) is 125 cm³/mol. The van der Waals surface area contributed by atoms with E-state index in [1.54, 1.807) is 6.07 Å². The third-order valence-electron chi connectivity index (χ3n) is 6.51. The standard InChI is InChI=1S/C23H26Cl2N6O/c1-2-8-31-23(32-18-5-3-4-17(24)9-18)28-21(29-31)10-19-15-6-7-16(19)13-30(12-15)22-11-20(25)26-14-27-22/h3-5,9,11,14-16,19H,2,6-8,10,12-13H2,1H3. The molecule has 2 unspecified atom stereocenters. The summed E-state index contributed by atoms with van der Waals surface area (Å²) in [5.74, 6) is 4.21. The van der Waals surface area contributed by atoms with E-state index < -0.39 is 0 Å². The number of fused-ring (bicyclic) bond motifs is 2. The lowest BCUT2D eigenvalue weighted by Gasteiger charge is -2.38. The number of benzene rings is 1. The van der Waals surface area contributed by atoms with Gasteiger partial charge < -0.3 is 9.64 Å². The minimum Gasteiger partial charge on any atom is -0.424 e. The number of aryl methyl sites for hydroxylation is 1. The Morgan fingerprint density at radius 1 is 1.09 bits per heavy atom. The van der Waals surface area contributed by atoms with Gasteiger partial charge >= 0.3 is 6.01 Å². The maximum Gasteiger partial charge on any atom is 0.320 e. The topological polar surface area (TPSA) is 69.0 Å². The predicted octanol–water partition coefficient (Wildman–Crippen LogP) is 5.28. The molecule has 1 saturated heterocycles. The van der Waals surface area contributed by atoms with Gasteiger partial charge in [0.2, 0.25) is 0 Å². The minimum atomic E-state index is 0.488. The summed E-state index contributed by atoms with van der Waals surface area (Å²) in [6, 6.07) is 9.76. The van der Waals surface area contributed by atoms with Crippen LogP contribution in [-0.4, -0.2) is 37.8 Å². The van der Waals surface area contributed by atoms with Crippen LogP contribution in [-0.2, 0) is 13.0 Å². The van der Waals surface area contributed by atoms with E-state index in [1.165, 1.54) is 19.2 Å². The Morgan fingerprint density at radius 3 is 2.62 bits per heavy atom. The SMILES string of the molecule is CCCn1nc(CC2C3CCC2CN(c2cc(Cl)ncn2)C3)nc1Oc1cccc(Cl)c1. The zero-order chi connectivity index (χ0) is 22.1. The fraction of sp³-hybridized carbons (Fsp3) is 0.478. The van der Waals surface area contributed by atoms with Crippen LogP contribution in [0, 0.1) is 17.8 Å².